The molecule has 0 spiro atoms. The van der Waals surface area contributed by atoms with Gasteiger partial charge in [-0.05, 0) is 30.8 Å². The van der Waals surface area contributed by atoms with E-state index in [2.05, 4.69) is 18.8 Å². The van der Waals surface area contributed by atoms with Gasteiger partial charge in [-0.2, -0.15) is 0 Å². The van der Waals surface area contributed by atoms with Crippen LogP contribution in [-0.4, -0.2) is 59.6 Å². The summed E-state index contributed by atoms with van der Waals surface area (Å²) in [6.07, 6.45) is 4.73. The van der Waals surface area contributed by atoms with E-state index < -0.39 is 35.8 Å². The van der Waals surface area contributed by atoms with Gasteiger partial charge in [0.2, 0.25) is 12.3 Å². The summed E-state index contributed by atoms with van der Waals surface area (Å²) < 4.78 is 19.6. The van der Waals surface area contributed by atoms with Crippen molar-refractivity contribution in [2.75, 3.05) is 7.11 Å². The molecule has 2 rings (SSSR count). The van der Waals surface area contributed by atoms with E-state index >= 15 is 0 Å². The Hall–Kier alpha value is -2.48. The zero-order chi connectivity index (χ0) is 22.6. The topological polar surface area (TPSA) is 95.9 Å². The van der Waals surface area contributed by atoms with Gasteiger partial charge in [-0.3, -0.25) is 9.59 Å². The van der Waals surface area contributed by atoms with Gasteiger partial charge in [0, 0.05) is 19.6 Å². The third kappa shape index (κ3) is 4.80. The zero-order valence-electron chi connectivity index (χ0n) is 17.9. The van der Waals surface area contributed by atoms with Crippen molar-refractivity contribution in [3.05, 3.63) is 36.2 Å². The number of carboxylic acids is 1. The number of ether oxygens (including phenoxy) is 1. The fourth-order valence-electron chi connectivity index (χ4n) is 4.58. The Bertz CT molecular complexity index is 750. The van der Waals surface area contributed by atoms with E-state index in [0.29, 0.717) is 11.8 Å². The molecular formula is C22H31FN2O5. The third-order valence-corrected chi connectivity index (χ3v) is 6.35. The number of nitrogens with zero attached hydrogens (tertiary/aromatic N) is 1. The average Bonchev–Trinajstić information content (AvgIpc) is 3.17. The van der Waals surface area contributed by atoms with Crippen LogP contribution in [0.25, 0.3) is 0 Å². The van der Waals surface area contributed by atoms with Gasteiger partial charge in [-0.15, -0.1) is 0 Å². The molecule has 30 heavy (non-hydrogen) atoms. The molecule has 7 unspecified atom stereocenters. The van der Waals surface area contributed by atoms with Crippen molar-refractivity contribution in [3.8, 4) is 0 Å². The van der Waals surface area contributed by atoms with Crippen molar-refractivity contribution in [2.24, 2.45) is 17.8 Å². The molecule has 7 atom stereocenters. The summed E-state index contributed by atoms with van der Waals surface area (Å²) >= 11 is 0. The Morgan fingerprint density at radius 3 is 2.60 bits per heavy atom. The summed E-state index contributed by atoms with van der Waals surface area (Å²) in [5.74, 6) is -2.20. The van der Waals surface area contributed by atoms with Crippen LogP contribution >= 0.6 is 0 Å². The number of rotatable bonds is 11. The number of carbonyl (C=O) groups is 3. The van der Waals surface area contributed by atoms with Crippen molar-refractivity contribution < 1.29 is 28.6 Å². The fourth-order valence-corrected chi connectivity index (χ4v) is 4.58. The number of likely N-dealkylation sites (tertiary alicyclic amines) is 1. The molecule has 1 aliphatic heterocycles. The van der Waals surface area contributed by atoms with Crippen LogP contribution in [0.15, 0.2) is 36.2 Å². The van der Waals surface area contributed by atoms with Crippen LogP contribution in [0.5, 0.6) is 0 Å². The summed E-state index contributed by atoms with van der Waals surface area (Å²) in [6, 6.07) is -1.37. The van der Waals surface area contributed by atoms with E-state index in [1.54, 1.807) is 11.8 Å². The highest BCUT2D eigenvalue weighted by Gasteiger charge is 2.60. The monoisotopic (exact) mass is 422 g/mol. The summed E-state index contributed by atoms with van der Waals surface area (Å²) in [6.45, 7) is 8.75. The molecular weight excluding hydrogens is 391 g/mol. The predicted molar refractivity (Wildman–Crippen MR) is 110 cm³/mol. The molecule has 8 heteroatoms. The van der Waals surface area contributed by atoms with E-state index in [1.165, 1.54) is 32.3 Å². The molecule has 0 radical (unpaired) electrons. The Labute approximate surface area is 176 Å². The lowest BCUT2D eigenvalue weighted by Crippen LogP contribution is -2.51. The zero-order valence-corrected chi connectivity index (χ0v) is 17.9. The Morgan fingerprint density at radius 2 is 2.10 bits per heavy atom. The maximum atomic E-state index is 14.0. The Kier molecular flexibility index (Phi) is 7.95. The predicted octanol–water partition coefficient (Wildman–Crippen LogP) is 2.45. The molecule has 0 bridgehead atoms. The second kappa shape index (κ2) is 10.0. The number of hydrogen-bond donors (Lipinski definition) is 2. The smallest absolute Gasteiger partial charge is 0.326 e. The number of hydrogen-bond acceptors (Lipinski definition) is 4. The molecule has 0 aromatic carbocycles. The Morgan fingerprint density at radius 1 is 1.43 bits per heavy atom. The van der Waals surface area contributed by atoms with E-state index in [-0.39, 0.29) is 24.1 Å². The van der Waals surface area contributed by atoms with Crippen LogP contribution in [0.2, 0.25) is 0 Å². The van der Waals surface area contributed by atoms with Gasteiger partial charge >= 0.3 is 5.97 Å². The maximum absolute atomic E-state index is 14.0. The fraction of sp³-hybridized carbons (Fsp3) is 0.591. The molecule has 166 valence electrons. The van der Waals surface area contributed by atoms with E-state index in [0.717, 1.165) is 12.8 Å². The van der Waals surface area contributed by atoms with Crippen LogP contribution in [0.3, 0.4) is 0 Å². The van der Waals surface area contributed by atoms with E-state index in [9.17, 15) is 23.9 Å². The number of aliphatic carboxylic acids is 1. The van der Waals surface area contributed by atoms with Gasteiger partial charge in [0.1, 0.15) is 11.9 Å². The number of amides is 2. The minimum atomic E-state index is -1.31. The van der Waals surface area contributed by atoms with Crippen molar-refractivity contribution in [3.63, 3.8) is 0 Å². The molecule has 1 saturated heterocycles. The van der Waals surface area contributed by atoms with Gasteiger partial charge < -0.3 is 20.1 Å². The number of carboxylic acid groups (broad SMARTS) is 1. The van der Waals surface area contributed by atoms with Crippen LogP contribution in [0.4, 0.5) is 4.39 Å². The summed E-state index contributed by atoms with van der Waals surface area (Å²) in [5.41, 5.74) is 0.133. The highest BCUT2D eigenvalue weighted by molar-refractivity contribution is 5.85. The van der Waals surface area contributed by atoms with Crippen molar-refractivity contribution in [1.82, 2.24) is 10.2 Å². The molecule has 1 saturated carbocycles. The number of allylic oxidation sites excluding steroid dienone is 4. The minimum Gasteiger partial charge on any atom is -0.480 e. The van der Waals surface area contributed by atoms with E-state index in [4.69, 9.17) is 4.74 Å². The Balaban J connectivity index is 2.10. The first kappa shape index (κ1) is 23.8. The second-order valence-electron chi connectivity index (χ2n) is 8.03. The summed E-state index contributed by atoms with van der Waals surface area (Å²) in [5, 5.41) is 12.0. The number of nitrogens with one attached hydrogen (secondary N) is 1. The van der Waals surface area contributed by atoms with Crippen LogP contribution < -0.4 is 5.32 Å². The molecule has 1 aliphatic carbocycles. The van der Waals surface area contributed by atoms with E-state index in [1.807, 2.05) is 0 Å². The normalized spacial score (nSPS) is 28.9. The molecule has 2 N–H and O–H groups in total. The molecule has 0 aromatic rings. The lowest BCUT2D eigenvalue weighted by Gasteiger charge is -2.34. The van der Waals surface area contributed by atoms with Crippen LogP contribution in [0.1, 0.15) is 33.6 Å². The molecule has 7 nitrogen and oxygen atoms in total. The van der Waals surface area contributed by atoms with Crippen molar-refractivity contribution in [2.45, 2.75) is 57.8 Å². The van der Waals surface area contributed by atoms with Gasteiger partial charge in [0.05, 0.1) is 18.1 Å². The first-order valence-electron chi connectivity index (χ1n) is 10.1. The molecule has 2 aliphatic rings. The number of piperidine rings is 1. The van der Waals surface area contributed by atoms with Crippen molar-refractivity contribution >= 4 is 18.3 Å². The first-order valence-corrected chi connectivity index (χ1v) is 10.1. The highest BCUT2D eigenvalue weighted by atomic mass is 19.1. The summed E-state index contributed by atoms with van der Waals surface area (Å²) in [7, 11) is 1.48. The first-order chi connectivity index (χ1) is 14.2. The van der Waals surface area contributed by atoms with Gasteiger partial charge in [-0.1, -0.05) is 38.7 Å². The van der Waals surface area contributed by atoms with Gasteiger partial charge in [0.25, 0.3) is 0 Å². The van der Waals surface area contributed by atoms with Crippen LogP contribution in [0, 0.1) is 17.8 Å². The SMILES string of the molecule is C=C/C=C(CC(NC(=O)C(C)C(OC)C1CC2C(C)C2N1C=O)C(=O)O)\C(F)=C/C. The number of fused-ring (bicyclic) bond motifs is 1. The van der Waals surface area contributed by atoms with Crippen LogP contribution in [-0.2, 0) is 19.1 Å². The lowest BCUT2D eigenvalue weighted by atomic mass is 9.92. The quantitative estimate of drug-likeness (QED) is 0.394. The van der Waals surface area contributed by atoms with Gasteiger partial charge in [-0.25, -0.2) is 9.18 Å². The number of methoxy groups -OCH3 is 1. The molecule has 2 fully saturated rings. The number of carbonyl (C=O) groups excluding carboxylic acids is 2. The van der Waals surface area contributed by atoms with Gasteiger partial charge in [0.15, 0.2) is 0 Å². The largest absolute Gasteiger partial charge is 0.480 e. The standard InChI is InChI=1S/C22H31FN2O5/c1-6-8-14(16(23)7-2)9-17(22(28)29)24-21(27)13(4)20(30-5)18-10-15-12(3)19(15)25(18)11-26/h6-8,11-13,15,17-20H,1,9-10H2,2-5H3,(H,24,27)(H,28,29)/b14-8-,16-7+. The molecule has 1 heterocycles. The highest BCUT2D eigenvalue weighted by Crippen LogP contribution is 2.53. The lowest BCUT2D eigenvalue weighted by molar-refractivity contribution is -0.144. The summed E-state index contributed by atoms with van der Waals surface area (Å²) in [4.78, 5) is 37.9. The van der Waals surface area contributed by atoms with Crippen molar-refractivity contribution in [1.29, 1.82) is 0 Å². The minimum absolute atomic E-state index is 0.133. The second-order valence-corrected chi connectivity index (χ2v) is 8.03. The molecule has 0 aromatic heterocycles. The maximum Gasteiger partial charge on any atom is 0.326 e. The molecule has 2 amide bonds. The third-order valence-electron chi connectivity index (χ3n) is 6.35. The average molecular weight is 422 g/mol. The number of halogens is 1.